The maximum atomic E-state index is 12.2. The SMILES string of the molecule is C#CCCC(=O)CC12CC3CC(C)(CC(C)(C3)C1)C2. The normalized spacial score (nSPS) is 47.1. The summed E-state index contributed by atoms with van der Waals surface area (Å²) in [5.74, 6) is 3.89. The lowest BCUT2D eigenvalue weighted by atomic mass is 9.39. The minimum Gasteiger partial charge on any atom is -0.300 e. The van der Waals surface area contributed by atoms with Gasteiger partial charge in [0.15, 0.2) is 0 Å². The van der Waals surface area contributed by atoms with E-state index in [0.29, 0.717) is 34.9 Å². The topological polar surface area (TPSA) is 17.1 Å². The van der Waals surface area contributed by atoms with E-state index in [2.05, 4.69) is 19.8 Å². The molecule has 0 aromatic heterocycles. The Kier molecular flexibility index (Phi) is 2.86. The first kappa shape index (κ1) is 13.2. The molecule has 0 saturated heterocycles. The minimum atomic E-state index is 0.328. The molecule has 0 heterocycles. The van der Waals surface area contributed by atoms with Gasteiger partial charge in [0.05, 0.1) is 0 Å². The second kappa shape index (κ2) is 4.11. The Labute approximate surface area is 117 Å². The summed E-state index contributed by atoms with van der Waals surface area (Å²) in [5, 5.41) is 0. The average molecular weight is 258 g/mol. The molecule has 0 amide bonds. The van der Waals surface area contributed by atoms with E-state index in [9.17, 15) is 4.79 Å². The number of carbonyl (C=O) groups excluding carboxylic acids is 1. The molecule has 1 nitrogen and oxygen atoms in total. The van der Waals surface area contributed by atoms with Crippen molar-refractivity contribution in [2.45, 2.75) is 71.6 Å². The molecule has 2 unspecified atom stereocenters. The molecular weight excluding hydrogens is 232 g/mol. The number of rotatable bonds is 4. The van der Waals surface area contributed by atoms with Crippen LogP contribution in [0.2, 0.25) is 0 Å². The molecule has 4 aliphatic rings. The highest BCUT2D eigenvalue weighted by Crippen LogP contribution is 2.70. The summed E-state index contributed by atoms with van der Waals surface area (Å²) in [6.45, 7) is 4.94. The summed E-state index contributed by atoms with van der Waals surface area (Å²) < 4.78 is 0. The fraction of sp³-hybridized carbons (Fsp3) is 0.833. The fourth-order valence-electron chi connectivity index (χ4n) is 6.60. The number of hydrogen-bond donors (Lipinski definition) is 0. The third kappa shape index (κ3) is 2.35. The zero-order valence-corrected chi connectivity index (χ0v) is 12.4. The number of Topliss-reactive ketones (excluding diaryl/α,β-unsaturated/α-hetero) is 1. The molecular formula is C18H26O. The van der Waals surface area contributed by atoms with Gasteiger partial charge >= 0.3 is 0 Å². The Morgan fingerprint density at radius 3 is 2.32 bits per heavy atom. The highest BCUT2D eigenvalue weighted by molar-refractivity contribution is 5.79. The molecule has 4 aliphatic carbocycles. The van der Waals surface area contributed by atoms with E-state index in [1.54, 1.807) is 0 Å². The second-order valence-electron chi connectivity index (χ2n) is 8.55. The molecule has 1 heteroatoms. The summed E-state index contributed by atoms with van der Waals surface area (Å²) in [7, 11) is 0. The minimum absolute atomic E-state index is 0.328. The van der Waals surface area contributed by atoms with E-state index < -0.39 is 0 Å². The fourth-order valence-corrected chi connectivity index (χ4v) is 6.60. The Morgan fingerprint density at radius 2 is 1.79 bits per heavy atom. The largest absolute Gasteiger partial charge is 0.300 e. The molecule has 19 heavy (non-hydrogen) atoms. The van der Waals surface area contributed by atoms with Gasteiger partial charge in [-0.3, -0.25) is 4.79 Å². The molecule has 4 bridgehead atoms. The maximum absolute atomic E-state index is 12.2. The van der Waals surface area contributed by atoms with Gasteiger partial charge in [0.2, 0.25) is 0 Å². The molecule has 0 radical (unpaired) electrons. The molecule has 2 atom stereocenters. The van der Waals surface area contributed by atoms with Gasteiger partial charge in [-0.25, -0.2) is 0 Å². The molecule has 0 aliphatic heterocycles. The van der Waals surface area contributed by atoms with Crippen LogP contribution >= 0.6 is 0 Å². The highest BCUT2D eigenvalue weighted by Gasteiger charge is 2.60. The van der Waals surface area contributed by atoms with Crippen LogP contribution in [0.15, 0.2) is 0 Å². The first-order valence-corrected chi connectivity index (χ1v) is 7.81. The van der Waals surface area contributed by atoms with Crippen molar-refractivity contribution >= 4 is 5.78 Å². The second-order valence-corrected chi connectivity index (χ2v) is 8.55. The van der Waals surface area contributed by atoms with Crippen LogP contribution in [0.25, 0.3) is 0 Å². The van der Waals surface area contributed by atoms with Gasteiger partial charge in [0.1, 0.15) is 5.78 Å². The summed E-state index contributed by atoms with van der Waals surface area (Å²) in [6.07, 6.45) is 15.4. The summed E-state index contributed by atoms with van der Waals surface area (Å²) in [4.78, 5) is 12.2. The third-order valence-electron chi connectivity index (χ3n) is 5.86. The van der Waals surface area contributed by atoms with Crippen molar-refractivity contribution in [3.05, 3.63) is 0 Å². The molecule has 4 rings (SSSR count). The van der Waals surface area contributed by atoms with Gasteiger partial charge in [-0.1, -0.05) is 13.8 Å². The first-order valence-electron chi connectivity index (χ1n) is 7.81. The van der Waals surface area contributed by atoms with Crippen molar-refractivity contribution in [1.29, 1.82) is 0 Å². The summed E-state index contributed by atoms with van der Waals surface area (Å²) in [6, 6.07) is 0. The van der Waals surface area contributed by atoms with E-state index in [4.69, 9.17) is 6.42 Å². The molecule has 0 N–H and O–H groups in total. The Bertz CT molecular complexity index is 423. The van der Waals surface area contributed by atoms with Crippen LogP contribution in [0.1, 0.15) is 71.6 Å². The van der Waals surface area contributed by atoms with Gasteiger partial charge in [-0.15, -0.1) is 12.3 Å². The zero-order chi connectivity index (χ0) is 13.7. The van der Waals surface area contributed by atoms with Crippen molar-refractivity contribution in [2.24, 2.45) is 22.2 Å². The van der Waals surface area contributed by atoms with Gasteiger partial charge in [0.25, 0.3) is 0 Å². The number of hydrogen-bond acceptors (Lipinski definition) is 1. The average Bonchev–Trinajstić information content (AvgIpc) is 2.20. The Hall–Kier alpha value is -0.770. The Morgan fingerprint density at radius 1 is 1.16 bits per heavy atom. The molecule has 4 fully saturated rings. The zero-order valence-electron chi connectivity index (χ0n) is 12.4. The van der Waals surface area contributed by atoms with E-state index in [-0.39, 0.29) is 0 Å². The Balaban J connectivity index is 1.77. The van der Waals surface area contributed by atoms with Crippen molar-refractivity contribution in [2.75, 3.05) is 0 Å². The molecule has 0 aromatic carbocycles. The van der Waals surface area contributed by atoms with Crippen LogP contribution in [0, 0.1) is 34.5 Å². The van der Waals surface area contributed by atoms with Crippen LogP contribution in [0.4, 0.5) is 0 Å². The predicted molar refractivity (Wildman–Crippen MR) is 77.5 cm³/mol. The quantitative estimate of drug-likeness (QED) is 0.685. The van der Waals surface area contributed by atoms with Crippen LogP contribution in [-0.2, 0) is 4.79 Å². The molecule has 0 aromatic rings. The molecule has 104 valence electrons. The van der Waals surface area contributed by atoms with Gasteiger partial charge in [0, 0.05) is 19.3 Å². The lowest BCUT2D eigenvalue weighted by molar-refractivity contribution is -0.155. The smallest absolute Gasteiger partial charge is 0.134 e. The maximum Gasteiger partial charge on any atom is 0.134 e. The lowest BCUT2D eigenvalue weighted by Crippen LogP contribution is -2.55. The van der Waals surface area contributed by atoms with Crippen molar-refractivity contribution in [3.63, 3.8) is 0 Å². The van der Waals surface area contributed by atoms with Crippen molar-refractivity contribution < 1.29 is 4.79 Å². The van der Waals surface area contributed by atoms with Crippen molar-refractivity contribution in [1.82, 2.24) is 0 Å². The lowest BCUT2D eigenvalue weighted by Gasteiger charge is -2.65. The summed E-state index contributed by atoms with van der Waals surface area (Å²) in [5.41, 5.74) is 1.36. The van der Waals surface area contributed by atoms with Gasteiger partial charge in [-0.05, 0) is 60.7 Å². The predicted octanol–water partition coefficient (Wildman–Crippen LogP) is 4.36. The van der Waals surface area contributed by atoms with Crippen LogP contribution in [-0.4, -0.2) is 5.78 Å². The van der Waals surface area contributed by atoms with E-state index in [0.717, 1.165) is 12.3 Å². The molecule has 0 spiro atoms. The van der Waals surface area contributed by atoms with Crippen LogP contribution in [0.5, 0.6) is 0 Å². The van der Waals surface area contributed by atoms with E-state index in [1.165, 1.54) is 38.5 Å². The number of carbonyl (C=O) groups is 1. The first-order chi connectivity index (χ1) is 8.86. The van der Waals surface area contributed by atoms with Crippen molar-refractivity contribution in [3.8, 4) is 12.3 Å². The molecule has 4 saturated carbocycles. The monoisotopic (exact) mass is 258 g/mol. The van der Waals surface area contributed by atoms with Gasteiger partial charge < -0.3 is 0 Å². The standard InChI is InChI=1S/C18H26O/c1-4-5-6-15(19)10-18-9-14-7-16(2,12-18)11-17(3,8-14)13-18/h1,14H,5-13H2,2-3H3. The van der Waals surface area contributed by atoms with E-state index in [1.807, 2.05) is 0 Å². The van der Waals surface area contributed by atoms with Crippen LogP contribution in [0.3, 0.4) is 0 Å². The number of terminal acetylenes is 1. The van der Waals surface area contributed by atoms with E-state index >= 15 is 0 Å². The number of ketones is 1. The van der Waals surface area contributed by atoms with Gasteiger partial charge in [-0.2, -0.15) is 0 Å². The third-order valence-corrected chi connectivity index (χ3v) is 5.86. The highest BCUT2D eigenvalue weighted by atomic mass is 16.1. The van der Waals surface area contributed by atoms with Crippen LogP contribution < -0.4 is 0 Å². The summed E-state index contributed by atoms with van der Waals surface area (Å²) >= 11 is 0.